The van der Waals surface area contributed by atoms with Crippen LogP contribution in [0.5, 0.6) is 0 Å². The molecule has 1 aliphatic heterocycles. The molecule has 1 fully saturated rings. The van der Waals surface area contributed by atoms with Crippen LogP contribution < -0.4 is 0 Å². The van der Waals surface area contributed by atoms with Crippen LogP contribution in [0.15, 0.2) is 0 Å². The molecule has 1 amide bonds. The molecule has 18 heavy (non-hydrogen) atoms. The Labute approximate surface area is 115 Å². The van der Waals surface area contributed by atoms with Gasteiger partial charge in [0.05, 0.1) is 0 Å². The summed E-state index contributed by atoms with van der Waals surface area (Å²) in [6.45, 7) is 10.7. The first-order valence-corrected chi connectivity index (χ1v) is 7.71. The maximum Gasteiger partial charge on any atom is 0.410 e. The van der Waals surface area contributed by atoms with Gasteiger partial charge in [-0.3, -0.25) is 4.90 Å². The lowest BCUT2D eigenvalue weighted by Gasteiger charge is -2.34. The maximum atomic E-state index is 11.8. The van der Waals surface area contributed by atoms with E-state index in [-0.39, 0.29) is 6.09 Å². The Morgan fingerprint density at radius 3 is 2.72 bits per heavy atom. The van der Waals surface area contributed by atoms with Crippen molar-refractivity contribution in [2.45, 2.75) is 39.3 Å². The van der Waals surface area contributed by atoms with Crippen LogP contribution in [0.25, 0.3) is 0 Å². The van der Waals surface area contributed by atoms with Crippen LogP contribution in [-0.4, -0.2) is 65.7 Å². The smallest absolute Gasteiger partial charge is 0.410 e. The molecule has 0 spiro atoms. The molecule has 1 saturated heterocycles. The minimum Gasteiger partial charge on any atom is -0.444 e. The molecule has 106 valence electrons. The molecule has 1 unspecified atom stereocenters. The number of ether oxygens (including phenoxy) is 1. The van der Waals surface area contributed by atoms with Crippen LogP contribution in [0.4, 0.5) is 4.79 Å². The van der Waals surface area contributed by atoms with E-state index in [2.05, 4.69) is 11.8 Å². The molecule has 1 atom stereocenters. The van der Waals surface area contributed by atoms with Crippen molar-refractivity contribution in [3.63, 3.8) is 0 Å². The van der Waals surface area contributed by atoms with Gasteiger partial charge in [-0.1, -0.05) is 0 Å². The average molecular weight is 274 g/mol. The lowest BCUT2D eigenvalue weighted by atomic mass is 10.2. The van der Waals surface area contributed by atoms with E-state index in [1.165, 1.54) is 11.5 Å². The zero-order chi connectivity index (χ0) is 13.8. The summed E-state index contributed by atoms with van der Waals surface area (Å²) in [5.41, 5.74) is -0.416. The van der Waals surface area contributed by atoms with Gasteiger partial charge in [0.2, 0.25) is 0 Å². The van der Waals surface area contributed by atoms with Gasteiger partial charge in [0.25, 0.3) is 0 Å². The Hall–Kier alpha value is -0.420. The highest BCUT2D eigenvalue weighted by molar-refractivity contribution is 7.99. The van der Waals surface area contributed by atoms with Crippen molar-refractivity contribution in [2.24, 2.45) is 0 Å². The predicted octanol–water partition coefficient (Wildman–Crippen LogP) is 2.29. The van der Waals surface area contributed by atoms with Gasteiger partial charge < -0.3 is 9.64 Å². The number of thioether (sulfide) groups is 1. The van der Waals surface area contributed by atoms with Crippen molar-refractivity contribution < 1.29 is 9.53 Å². The molecule has 0 aromatic carbocycles. The molecule has 5 heteroatoms. The highest BCUT2D eigenvalue weighted by Crippen LogP contribution is 2.15. The van der Waals surface area contributed by atoms with E-state index in [0.717, 1.165) is 19.6 Å². The third-order valence-corrected chi connectivity index (χ3v) is 4.12. The third kappa shape index (κ3) is 5.48. The molecule has 1 rings (SSSR count). The molecule has 0 aromatic heterocycles. The highest BCUT2D eigenvalue weighted by atomic mass is 32.2. The van der Waals surface area contributed by atoms with Gasteiger partial charge in [-0.25, -0.2) is 4.79 Å². The van der Waals surface area contributed by atoms with E-state index in [1.54, 1.807) is 11.9 Å². The maximum absolute atomic E-state index is 11.8. The SMILES string of the molecule is CC1CSCCN1CCN(C)C(=O)OC(C)(C)C. The van der Waals surface area contributed by atoms with E-state index < -0.39 is 5.60 Å². The summed E-state index contributed by atoms with van der Waals surface area (Å²) in [6, 6.07) is 0.607. The lowest BCUT2D eigenvalue weighted by Crippen LogP contribution is -2.45. The standard InChI is InChI=1S/C13H26N2O2S/c1-11-10-18-9-8-15(11)7-6-14(5)12(16)17-13(2,3)4/h11H,6-10H2,1-5H3. The molecular formula is C13H26N2O2S. The van der Waals surface area contributed by atoms with Crippen molar-refractivity contribution in [1.29, 1.82) is 0 Å². The number of amides is 1. The zero-order valence-electron chi connectivity index (χ0n) is 12.2. The molecular weight excluding hydrogens is 248 g/mol. The minimum absolute atomic E-state index is 0.235. The summed E-state index contributed by atoms with van der Waals surface area (Å²) in [7, 11) is 1.80. The number of likely N-dealkylation sites (N-methyl/N-ethyl adjacent to an activating group) is 1. The van der Waals surface area contributed by atoms with E-state index in [0.29, 0.717) is 6.04 Å². The second-order valence-corrected chi connectivity index (χ2v) is 7.01. The fourth-order valence-corrected chi connectivity index (χ4v) is 2.89. The third-order valence-electron chi connectivity index (χ3n) is 2.93. The fraction of sp³-hybridized carbons (Fsp3) is 0.923. The van der Waals surface area contributed by atoms with Crippen molar-refractivity contribution in [1.82, 2.24) is 9.80 Å². The average Bonchev–Trinajstić information content (AvgIpc) is 2.25. The van der Waals surface area contributed by atoms with Crippen LogP contribution in [-0.2, 0) is 4.74 Å². The van der Waals surface area contributed by atoms with Crippen LogP contribution in [0.2, 0.25) is 0 Å². The largest absolute Gasteiger partial charge is 0.444 e. The fourth-order valence-electron chi connectivity index (χ4n) is 1.80. The van der Waals surface area contributed by atoms with Crippen molar-refractivity contribution in [2.75, 3.05) is 38.2 Å². The number of hydrogen-bond donors (Lipinski definition) is 0. The Kier molecular flexibility index (Phi) is 5.79. The molecule has 0 saturated carbocycles. The van der Waals surface area contributed by atoms with Gasteiger partial charge in [-0.15, -0.1) is 0 Å². The second kappa shape index (κ2) is 6.66. The summed E-state index contributed by atoms with van der Waals surface area (Å²) in [4.78, 5) is 15.9. The Balaban J connectivity index is 2.31. The zero-order valence-corrected chi connectivity index (χ0v) is 13.0. The quantitative estimate of drug-likeness (QED) is 0.790. The van der Waals surface area contributed by atoms with Crippen molar-refractivity contribution >= 4 is 17.9 Å². The lowest BCUT2D eigenvalue weighted by molar-refractivity contribution is 0.0278. The number of nitrogens with zero attached hydrogens (tertiary/aromatic N) is 2. The molecule has 4 nitrogen and oxygen atoms in total. The molecule has 0 aliphatic carbocycles. The first-order chi connectivity index (χ1) is 8.29. The molecule has 1 aliphatic rings. The number of carbonyl (C=O) groups excluding carboxylic acids is 1. The topological polar surface area (TPSA) is 32.8 Å². The molecule has 0 radical (unpaired) electrons. The molecule has 0 bridgehead atoms. The van der Waals surface area contributed by atoms with E-state index in [9.17, 15) is 4.79 Å². The van der Waals surface area contributed by atoms with E-state index >= 15 is 0 Å². The first-order valence-electron chi connectivity index (χ1n) is 6.55. The van der Waals surface area contributed by atoms with Gasteiger partial charge >= 0.3 is 6.09 Å². The number of rotatable bonds is 3. The molecule has 0 aromatic rings. The Morgan fingerprint density at radius 2 is 2.17 bits per heavy atom. The predicted molar refractivity (Wildman–Crippen MR) is 77.2 cm³/mol. The highest BCUT2D eigenvalue weighted by Gasteiger charge is 2.22. The monoisotopic (exact) mass is 274 g/mol. The van der Waals surface area contributed by atoms with Crippen LogP contribution in [0.1, 0.15) is 27.7 Å². The van der Waals surface area contributed by atoms with Crippen molar-refractivity contribution in [3.05, 3.63) is 0 Å². The summed E-state index contributed by atoms with van der Waals surface area (Å²) in [6.07, 6.45) is -0.235. The van der Waals surface area contributed by atoms with E-state index in [1.807, 2.05) is 32.5 Å². The normalized spacial score (nSPS) is 21.7. The summed E-state index contributed by atoms with van der Waals surface area (Å²) < 4.78 is 5.33. The number of carbonyl (C=O) groups is 1. The summed E-state index contributed by atoms with van der Waals surface area (Å²) >= 11 is 2.01. The van der Waals surface area contributed by atoms with Crippen LogP contribution in [0.3, 0.4) is 0 Å². The Morgan fingerprint density at radius 1 is 1.50 bits per heavy atom. The summed E-state index contributed by atoms with van der Waals surface area (Å²) in [5, 5.41) is 0. The van der Waals surface area contributed by atoms with Crippen molar-refractivity contribution in [3.8, 4) is 0 Å². The van der Waals surface area contributed by atoms with Gasteiger partial charge in [-0.2, -0.15) is 11.8 Å². The van der Waals surface area contributed by atoms with Gasteiger partial charge in [0.15, 0.2) is 0 Å². The molecule has 1 heterocycles. The Bertz CT molecular complexity index is 279. The molecule has 0 N–H and O–H groups in total. The van der Waals surface area contributed by atoms with Gasteiger partial charge in [0, 0.05) is 44.2 Å². The first kappa shape index (κ1) is 15.6. The summed E-state index contributed by atoms with van der Waals surface area (Å²) in [5.74, 6) is 2.39. The van der Waals surface area contributed by atoms with Gasteiger partial charge in [0.1, 0.15) is 5.60 Å². The number of hydrogen-bond acceptors (Lipinski definition) is 4. The van der Waals surface area contributed by atoms with E-state index in [4.69, 9.17) is 4.74 Å². The van der Waals surface area contributed by atoms with Crippen LogP contribution >= 0.6 is 11.8 Å². The minimum atomic E-state index is -0.416. The van der Waals surface area contributed by atoms with Gasteiger partial charge in [-0.05, 0) is 27.7 Å². The second-order valence-electron chi connectivity index (χ2n) is 5.86. The van der Waals surface area contributed by atoms with Crippen LogP contribution in [0, 0.1) is 0 Å².